The van der Waals surface area contributed by atoms with Gasteiger partial charge in [0, 0.05) is 23.4 Å². The third-order valence-corrected chi connectivity index (χ3v) is 3.13. The van der Waals surface area contributed by atoms with Crippen LogP contribution in [-0.4, -0.2) is 31.9 Å². The third kappa shape index (κ3) is 5.65. The highest BCUT2D eigenvalue weighted by Gasteiger charge is 2.16. The largest absolute Gasteiger partial charge is 0.491 e. The van der Waals surface area contributed by atoms with Gasteiger partial charge in [0.15, 0.2) is 0 Å². The van der Waals surface area contributed by atoms with Crippen molar-refractivity contribution in [1.29, 1.82) is 0 Å². The summed E-state index contributed by atoms with van der Waals surface area (Å²) in [5.74, 6) is 0.699. The van der Waals surface area contributed by atoms with Gasteiger partial charge >= 0.3 is 6.03 Å². The lowest BCUT2D eigenvalue weighted by Crippen LogP contribution is -2.29. The number of nitrogens with one attached hydrogen (secondary N) is 2. The second kappa shape index (κ2) is 7.90. The van der Waals surface area contributed by atoms with E-state index in [1.165, 1.54) is 0 Å². The lowest BCUT2D eigenvalue weighted by molar-refractivity contribution is 0.0680. The highest BCUT2D eigenvalue weighted by atomic mass is 35.5. The lowest BCUT2D eigenvalue weighted by atomic mass is 10.2. The Labute approximate surface area is 129 Å². The molecular weight excluding hydrogens is 292 g/mol. The first-order valence-corrected chi connectivity index (χ1v) is 7.24. The number of amides is 2. The first-order valence-electron chi connectivity index (χ1n) is 6.86. The highest BCUT2D eigenvalue weighted by Crippen LogP contribution is 2.19. The average Bonchev–Trinajstić information content (AvgIpc) is 2.97. The summed E-state index contributed by atoms with van der Waals surface area (Å²) in [5, 5.41) is 5.66. The average molecular weight is 311 g/mol. The quantitative estimate of drug-likeness (QED) is 0.848. The van der Waals surface area contributed by atoms with Crippen LogP contribution in [0.15, 0.2) is 35.9 Å². The normalized spacial score (nSPS) is 17.3. The Kier molecular flexibility index (Phi) is 5.90. The molecule has 0 saturated carbocycles. The van der Waals surface area contributed by atoms with Crippen molar-refractivity contribution in [1.82, 2.24) is 5.32 Å². The fourth-order valence-electron chi connectivity index (χ4n) is 1.98. The molecule has 1 aliphatic rings. The predicted octanol–water partition coefficient (Wildman–Crippen LogP) is 3.12. The Morgan fingerprint density at radius 3 is 3.10 bits per heavy atom. The minimum atomic E-state index is -0.340. The van der Waals surface area contributed by atoms with E-state index in [4.69, 9.17) is 21.1 Å². The molecule has 1 saturated heterocycles. The Morgan fingerprint density at radius 2 is 2.38 bits per heavy atom. The van der Waals surface area contributed by atoms with E-state index >= 15 is 0 Å². The van der Waals surface area contributed by atoms with E-state index in [0.717, 1.165) is 19.4 Å². The van der Waals surface area contributed by atoms with Gasteiger partial charge in [0.25, 0.3) is 0 Å². The molecule has 21 heavy (non-hydrogen) atoms. The van der Waals surface area contributed by atoms with Gasteiger partial charge in [0.1, 0.15) is 12.4 Å². The molecule has 0 spiro atoms. The van der Waals surface area contributed by atoms with Crippen molar-refractivity contribution in [2.24, 2.45) is 0 Å². The molecule has 0 unspecified atom stereocenters. The van der Waals surface area contributed by atoms with Crippen molar-refractivity contribution in [2.45, 2.75) is 18.9 Å². The number of halogens is 1. The van der Waals surface area contributed by atoms with Crippen LogP contribution in [0.5, 0.6) is 5.75 Å². The van der Waals surface area contributed by atoms with Gasteiger partial charge in [-0.3, -0.25) is 0 Å². The molecule has 6 heteroatoms. The number of carbonyl (C=O) groups is 1. The minimum Gasteiger partial charge on any atom is -0.491 e. The summed E-state index contributed by atoms with van der Waals surface area (Å²) >= 11 is 5.58. The molecule has 1 aromatic rings. The smallest absolute Gasteiger partial charge is 0.319 e. The zero-order valence-electron chi connectivity index (χ0n) is 11.7. The van der Waals surface area contributed by atoms with Gasteiger partial charge in [-0.25, -0.2) is 4.79 Å². The zero-order chi connectivity index (χ0) is 15.1. The van der Waals surface area contributed by atoms with Crippen molar-refractivity contribution in [3.8, 4) is 5.75 Å². The predicted molar refractivity (Wildman–Crippen MR) is 82.9 cm³/mol. The Bertz CT molecular complexity index is 501. The molecule has 1 aromatic carbocycles. The third-order valence-electron chi connectivity index (χ3n) is 2.99. The van der Waals surface area contributed by atoms with Gasteiger partial charge in [0.2, 0.25) is 0 Å². The topological polar surface area (TPSA) is 59.6 Å². The van der Waals surface area contributed by atoms with E-state index in [0.29, 0.717) is 23.1 Å². The van der Waals surface area contributed by atoms with Crippen molar-refractivity contribution in [3.05, 3.63) is 35.9 Å². The van der Waals surface area contributed by atoms with E-state index in [-0.39, 0.29) is 18.7 Å². The number of hydrogen-bond donors (Lipinski definition) is 2. The first-order chi connectivity index (χ1) is 10.1. The molecule has 2 amide bonds. The van der Waals surface area contributed by atoms with Crippen LogP contribution < -0.4 is 15.4 Å². The van der Waals surface area contributed by atoms with Crippen molar-refractivity contribution in [3.63, 3.8) is 0 Å². The molecule has 1 aliphatic heterocycles. The molecule has 114 valence electrons. The van der Waals surface area contributed by atoms with E-state index < -0.39 is 0 Å². The number of anilines is 1. The lowest BCUT2D eigenvalue weighted by Gasteiger charge is -2.12. The number of rotatable bonds is 6. The van der Waals surface area contributed by atoms with Gasteiger partial charge in [-0.15, -0.1) is 0 Å². The Hall–Kier alpha value is -1.72. The molecule has 1 fully saturated rings. The molecule has 0 bridgehead atoms. The standard InChI is InChI=1S/C15H19ClN2O3/c1-11(16)9-17-15(19)18-12-4-2-5-13(8-12)21-10-14-6-3-7-20-14/h2,4-5,8,14H,1,3,6-7,9-10H2,(H2,17,18,19)/t14-/m1/s1. The molecule has 2 N–H and O–H groups in total. The maximum absolute atomic E-state index is 11.6. The number of ether oxygens (including phenoxy) is 2. The van der Waals surface area contributed by atoms with Crippen LogP contribution in [0.2, 0.25) is 0 Å². The van der Waals surface area contributed by atoms with Crippen LogP contribution in [0, 0.1) is 0 Å². The van der Waals surface area contributed by atoms with Crippen LogP contribution in [0.4, 0.5) is 10.5 Å². The monoisotopic (exact) mass is 310 g/mol. The SMILES string of the molecule is C=C(Cl)CNC(=O)Nc1cccc(OC[C@H]2CCCO2)c1. The Balaban J connectivity index is 1.82. The summed E-state index contributed by atoms with van der Waals surface area (Å²) in [7, 11) is 0. The summed E-state index contributed by atoms with van der Waals surface area (Å²) in [6.45, 7) is 5.06. The maximum Gasteiger partial charge on any atom is 0.319 e. The van der Waals surface area contributed by atoms with Crippen LogP contribution in [0.3, 0.4) is 0 Å². The Morgan fingerprint density at radius 1 is 1.52 bits per heavy atom. The summed E-state index contributed by atoms with van der Waals surface area (Å²) < 4.78 is 11.2. The van der Waals surface area contributed by atoms with E-state index in [1.54, 1.807) is 12.1 Å². The molecule has 5 nitrogen and oxygen atoms in total. The second-order valence-electron chi connectivity index (χ2n) is 4.80. The molecular formula is C15H19ClN2O3. The number of carbonyl (C=O) groups excluding carboxylic acids is 1. The molecule has 1 atom stereocenters. The number of urea groups is 1. The van der Waals surface area contributed by atoms with Gasteiger partial charge in [-0.05, 0) is 25.0 Å². The van der Waals surface area contributed by atoms with E-state index in [1.807, 2.05) is 12.1 Å². The first kappa shape index (κ1) is 15.7. The number of benzene rings is 1. The van der Waals surface area contributed by atoms with Gasteiger partial charge in [-0.2, -0.15) is 0 Å². The van der Waals surface area contributed by atoms with Gasteiger partial charge in [0.05, 0.1) is 12.6 Å². The van der Waals surface area contributed by atoms with E-state index in [9.17, 15) is 4.79 Å². The molecule has 2 rings (SSSR count). The van der Waals surface area contributed by atoms with E-state index in [2.05, 4.69) is 17.2 Å². The van der Waals surface area contributed by atoms with Crippen LogP contribution in [0.25, 0.3) is 0 Å². The molecule has 1 heterocycles. The summed E-state index contributed by atoms with van der Waals surface area (Å²) in [6.07, 6.45) is 2.28. The van der Waals surface area contributed by atoms with Crippen molar-refractivity contribution < 1.29 is 14.3 Å². The minimum absolute atomic E-state index is 0.166. The summed E-state index contributed by atoms with van der Waals surface area (Å²) in [5.41, 5.74) is 0.650. The van der Waals surface area contributed by atoms with Crippen LogP contribution >= 0.6 is 11.6 Å². The number of hydrogen-bond acceptors (Lipinski definition) is 3. The van der Waals surface area contributed by atoms with Gasteiger partial charge in [-0.1, -0.05) is 24.2 Å². The van der Waals surface area contributed by atoms with Crippen LogP contribution in [-0.2, 0) is 4.74 Å². The maximum atomic E-state index is 11.6. The molecule has 0 aliphatic carbocycles. The van der Waals surface area contributed by atoms with Crippen molar-refractivity contribution >= 4 is 23.3 Å². The fourth-order valence-corrected chi connectivity index (χ4v) is 2.05. The zero-order valence-corrected chi connectivity index (χ0v) is 12.5. The van der Waals surface area contributed by atoms with Gasteiger partial charge < -0.3 is 20.1 Å². The summed E-state index contributed by atoms with van der Waals surface area (Å²) in [6, 6.07) is 6.88. The van der Waals surface area contributed by atoms with Crippen LogP contribution in [0.1, 0.15) is 12.8 Å². The molecule has 0 radical (unpaired) electrons. The molecule has 0 aromatic heterocycles. The van der Waals surface area contributed by atoms with Crippen molar-refractivity contribution in [2.75, 3.05) is 25.1 Å². The second-order valence-corrected chi connectivity index (χ2v) is 5.33. The summed E-state index contributed by atoms with van der Waals surface area (Å²) in [4.78, 5) is 11.6. The fraction of sp³-hybridized carbons (Fsp3) is 0.400. The highest BCUT2D eigenvalue weighted by molar-refractivity contribution is 6.29.